The number of nitrogens with zero attached hydrogens (tertiary/aromatic N) is 4. The molecule has 12 rings (SSSR count). The van der Waals surface area contributed by atoms with E-state index < -0.39 is 0 Å². The summed E-state index contributed by atoms with van der Waals surface area (Å²) in [5, 5.41) is 24.6. The first-order valence-corrected chi connectivity index (χ1v) is 20.2. The van der Waals surface area contributed by atoms with Gasteiger partial charge in [-0.3, -0.25) is 0 Å². The van der Waals surface area contributed by atoms with Gasteiger partial charge < -0.3 is 0 Å². The van der Waals surface area contributed by atoms with Crippen molar-refractivity contribution in [1.82, 2.24) is 15.0 Å². The lowest BCUT2D eigenvalue weighted by Gasteiger charge is -2.18. The highest BCUT2D eigenvalue weighted by Gasteiger charge is 2.20. The highest BCUT2D eigenvalue weighted by atomic mass is 15.0. The SMILES string of the molecule is N#Cc1ccc(-c2nc(-c3ccccc3)nc(-c3ccccc3-c3ccccc3-c3cc4ccc5cccc6c7cccc8ccc9cccc(c(c3)c4c56)c9c87)n2)cc1. The molecule has 0 bridgehead atoms. The molecule has 0 fully saturated rings. The molecular formula is C56H32N4. The maximum Gasteiger partial charge on any atom is 0.164 e. The van der Waals surface area contributed by atoms with Crippen LogP contribution in [0.15, 0.2) is 194 Å². The van der Waals surface area contributed by atoms with E-state index in [1.807, 2.05) is 48.5 Å². The molecule has 0 aliphatic heterocycles. The molecule has 0 N–H and O–H groups in total. The van der Waals surface area contributed by atoms with Crippen LogP contribution in [0.2, 0.25) is 0 Å². The van der Waals surface area contributed by atoms with Crippen LogP contribution in [0.3, 0.4) is 0 Å². The Kier molecular flexibility index (Phi) is 7.57. The highest BCUT2D eigenvalue weighted by molar-refractivity contribution is 6.37. The van der Waals surface area contributed by atoms with Crippen molar-refractivity contribution >= 4 is 64.6 Å². The van der Waals surface area contributed by atoms with Crippen LogP contribution in [-0.4, -0.2) is 15.0 Å². The molecular weight excluding hydrogens is 729 g/mol. The van der Waals surface area contributed by atoms with E-state index in [0.717, 1.165) is 38.9 Å². The Hall–Kier alpha value is -8.26. The lowest BCUT2D eigenvalue weighted by molar-refractivity contribution is 1.07. The second-order valence-electron chi connectivity index (χ2n) is 15.4. The number of hydrogen-bond acceptors (Lipinski definition) is 4. The number of aromatic nitrogens is 3. The fourth-order valence-electron chi connectivity index (χ4n) is 9.36. The number of rotatable bonds is 5. The Morgan fingerprint density at radius 2 is 0.750 bits per heavy atom. The summed E-state index contributed by atoms with van der Waals surface area (Å²) in [7, 11) is 0. The minimum atomic E-state index is 0.546. The smallest absolute Gasteiger partial charge is 0.164 e. The molecule has 0 radical (unpaired) electrons. The van der Waals surface area contributed by atoms with Gasteiger partial charge >= 0.3 is 0 Å². The monoisotopic (exact) mass is 760 g/mol. The van der Waals surface area contributed by atoms with Gasteiger partial charge in [-0.25, -0.2) is 15.0 Å². The molecule has 11 aromatic carbocycles. The molecule has 12 aromatic rings. The summed E-state index contributed by atoms with van der Waals surface area (Å²) >= 11 is 0. The van der Waals surface area contributed by atoms with Gasteiger partial charge in [-0.2, -0.15) is 5.26 Å². The zero-order chi connectivity index (χ0) is 39.7. The Labute approximate surface area is 345 Å². The van der Waals surface area contributed by atoms with Crippen LogP contribution in [0, 0.1) is 11.3 Å². The molecule has 0 unspecified atom stereocenters. The van der Waals surface area contributed by atoms with E-state index in [1.54, 1.807) is 12.1 Å². The molecule has 0 amide bonds. The van der Waals surface area contributed by atoms with E-state index >= 15 is 0 Å². The third-order valence-corrected chi connectivity index (χ3v) is 12.1. The van der Waals surface area contributed by atoms with Gasteiger partial charge in [0.05, 0.1) is 11.6 Å². The number of benzene rings is 10. The van der Waals surface area contributed by atoms with Gasteiger partial charge in [0.2, 0.25) is 0 Å². The van der Waals surface area contributed by atoms with Crippen LogP contribution in [0.4, 0.5) is 0 Å². The Morgan fingerprint density at radius 3 is 1.33 bits per heavy atom. The zero-order valence-corrected chi connectivity index (χ0v) is 32.3. The molecule has 0 spiro atoms. The van der Waals surface area contributed by atoms with Crippen LogP contribution in [0.25, 0.3) is 121 Å². The van der Waals surface area contributed by atoms with E-state index in [4.69, 9.17) is 15.0 Å². The van der Waals surface area contributed by atoms with Crippen molar-refractivity contribution in [3.8, 4) is 62.5 Å². The molecule has 1 heterocycles. The van der Waals surface area contributed by atoms with Crippen molar-refractivity contribution in [3.63, 3.8) is 0 Å². The minimum Gasteiger partial charge on any atom is -0.208 e. The first-order chi connectivity index (χ1) is 29.7. The average Bonchev–Trinajstić information content (AvgIpc) is 3.32. The van der Waals surface area contributed by atoms with Gasteiger partial charge in [0, 0.05) is 16.7 Å². The van der Waals surface area contributed by atoms with Crippen molar-refractivity contribution in [3.05, 3.63) is 200 Å². The molecule has 0 aliphatic carbocycles. The summed E-state index contributed by atoms with van der Waals surface area (Å²) in [4.78, 5) is 15.2. The van der Waals surface area contributed by atoms with Gasteiger partial charge in [0.25, 0.3) is 0 Å². The van der Waals surface area contributed by atoms with Gasteiger partial charge in [0.15, 0.2) is 17.5 Å². The Morgan fingerprint density at radius 1 is 0.300 bits per heavy atom. The lowest BCUT2D eigenvalue weighted by Crippen LogP contribution is -2.01. The standard InChI is InChI=1S/C56H32N4/c57-33-34-23-25-39(26-24-34)55-58-54(38-11-2-1-3-12-38)59-56(60-55)48-19-7-6-18-44(48)43-17-5-4-16-42(43)41-31-40-30-29-37-14-9-21-46-45-20-8-13-35-27-28-36-15-10-22-47(52(36)50(35)45)49(32-41)53(40)51(37)46/h1-32H. The van der Waals surface area contributed by atoms with Crippen LogP contribution in [0.5, 0.6) is 0 Å². The van der Waals surface area contributed by atoms with Gasteiger partial charge in [0.1, 0.15) is 0 Å². The van der Waals surface area contributed by atoms with Gasteiger partial charge in [-0.15, -0.1) is 0 Å². The topological polar surface area (TPSA) is 62.5 Å². The van der Waals surface area contributed by atoms with Crippen LogP contribution in [0.1, 0.15) is 5.56 Å². The van der Waals surface area contributed by atoms with E-state index in [9.17, 15) is 5.26 Å². The molecule has 0 aliphatic rings. The van der Waals surface area contributed by atoms with E-state index in [2.05, 4.69) is 140 Å². The predicted molar refractivity (Wildman–Crippen MR) is 248 cm³/mol. The molecule has 4 nitrogen and oxygen atoms in total. The van der Waals surface area contributed by atoms with Gasteiger partial charge in [-0.05, 0) is 123 Å². The molecule has 276 valence electrons. The largest absolute Gasteiger partial charge is 0.208 e. The summed E-state index contributed by atoms with van der Waals surface area (Å²) < 4.78 is 0. The van der Waals surface area contributed by atoms with Crippen LogP contribution >= 0.6 is 0 Å². The molecule has 0 saturated carbocycles. The predicted octanol–water partition coefficient (Wildman–Crippen LogP) is 14.4. The third kappa shape index (κ3) is 5.27. The molecule has 1 aromatic heterocycles. The summed E-state index contributed by atoms with van der Waals surface area (Å²) in [5.74, 6) is 1.71. The molecule has 60 heavy (non-hydrogen) atoms. The van der Waals surface area contributed by atoms with E-state index in [0.29, 0.717) is 23.0 Å². The fraction of sp³-hybridized carbons (Fsp3) is 0. The zero-order valence-electron chi connectivity index (χ0n) is 32.3. The van der Waals surface area contributed by atoms with Crippen molar-refractivity contribution in [2.75, 3.05) is 0 Å². The molecule has 0 atom stereocenters. The summed E-state index contributed by atoms with van der Waals surface area (Å²) in [6, 6.07) is 70.8. The number of hydrogen-bond donors (Lipinski definition) is 0. The van der Waals surface area contributed by atoms with Crippen molar-refractivity contribution in [1.29, 1.82) is 5.26 Å². The summed E-state index contributed by atoms with van der Waals surface area (Å²) in [6.45, 7) is 0. The lowest BCUT2D eigenvalue weighted by atomic mass is 9.85. The normalized spacial score (nSPS) is 11.7. The second-order valence-corrected chi connectivity index (χ2v) is 15.4. The quantitative estimate of drug-likeness (QED) is 0.164. The number of fused-ring (bicyclic) bond motifs is 2. The first kappa shape index (κ1) is 33.8. The maximum absolute atomic E-state index is 9.49. The Bertz CT molecular complexity index is 3710. The maximum atomic E-state index is 9.49. The second kappa shape index (κ2) is 13.4. The van der Waals surface area contributed by atoms with Gasteiger partial charge in [-0.1, -0.05) is 158 Å². The number of nitriles is 1. The van der Waals surface area contributed by atoms with Crippen molar-refractivity contribution < 1.29 is 0 Å². The summed E-state index contributed by atoms with van der Waals surface area (Å²) in [5.41, 5.74) is 7.56. The third-order valence-electron chi connectivity index (χ3n) is 12.1. The average molecular weight is 761 g/mol. The van der Waals surface area contributed by atoms with Crippen LogP contribution in [-0.2, 0) is 0 Å². The first-order valence-electron chi connectivity index (χ1n) is 20.2. The van der Waals surface area contributed by atoms with E-state index in [1.165, 1.54) is 64.6 Å². The van der Waals surface area contributed by atoms with Crippen molar-refractivity contribution in [2.24, 2.45) is 0 Å². The minimum absolute atomic E-state index is 0.546. The highest BCUT2D eigenvalue weighted by Crippen LogP contribution is 2.46. The molecule has 0 saturated heterocycles. The fourth-order valence-corrected chi connectivity index (χ4v) is 9.36. The van der Waals surface area contributed by atoms with Crippen molar-refractivity contribution in [2.45, 2.75) is 0 Å². The van der Waals surface area contributed by atoms with E-state index in [-0.39, 0.29) is 0 Å². The van der Waals surface area contributed by atoms with Crippen LogP contribution < -0.4 is 0 Å². The molecule has 4 heteroatoms. The summed E-state index contributed by atoms with van der Waals surface area (Å²) in [6.07, 6.45) is 0. The Balaban J connectivity index is 1.13.